The fraction of sp³-hybridized carbons (Fsp3) is 0.571. The monoisotopic (exact) mass is 113 g/mol. The average molecular weight is 113 g/mol. The van der Waals surface area contributed by atoms with Crippen molar-refractivity contribution >= 4 is 0 Å². The van der Waals surface area contributed by atoms with Gasteiger partial charge in [0, 0.05) is 5.70 Å². The largest absolute Gasteiger partial charge is 0.396 e. The van der Waals surface area contributed by atoms with Crippen LogP contribution >= 0.6 is 0 Å². The van der Waals surface area contributed by atoms with Gasteiger partial charge in [0.05, 0.1) is 0 Å². The molecule has 48 valence electrons. The van der Waals surface area contributed by atoms with Crippen LogP contribution in [-0.2, 0) is 0 Å². The molecule has 0 bridgehead atoms. The van der Waals surface area contributed by atoms with Crippen molar-refractivity contribution in [3.63, 3.8) is 0 Å². The molecule has 0 aliphatic carbocycles. The van der Waals surface area contributed by atoms with Crippen LogP contribution in [0.15, 0.2) is 18.0 Å². The van der Waals surface area contributed by atoms with Crippen LogP contribution in [0.5, 0.6) is 0 Å². The quantitative estimate of drug-likeness (QED) is 0.478. The normalized spacial score (nSPS) is 5.88. The van der Waals surface area contributed by atoms with E-state index in [1.54, 1.807) is 6.92 Å². The molecule has 0 unspecified atom stereocenters. The van der Waals surface area contributed by atoms with Crippen LogP contribution in [0.2, 0.25) is 0 Å². The van der Waals surface area contributed by atoms with Gasteiger partial charge >= 0.3 is 0 Å². The SMILES string of the molecule is C=C=C(C)N.CCC. The van der Waals surface area contributed by atoms with E-state index < -0.39 is 0 Å². The summed E-state index contributed by atoms with van der Waals surface area (Å²) in [5.41, 5.74) is 8.15. The van der Waals surface area contributed by atoms with Crippen molar-refractivity contribution in [1.29, 1.82) is 0 Å². The molecule has 0 aromatic carbocycles. The fourth-order valence-corrected chi connectivity index (χ4v) is 0. The first kappa shape index (κ1) is 10.3. The van der Waals surface area contributed by atoms with Crippen molar-refractivity contribution in [1.82, 2.24) is 0 Å². The van der Waals surface area contributed by atoms with Crippen LogP contribution in [0.25, 0.3) is 0 Å². The molecule has 1 nitrogen and oxygen atoms in total. The third kappa shape index (κ3) is 57.0. The molecule has 0 rings (SSSR count). The summed E-state index contributed by atoms with van der Waals surface area (Å²) >= 11 is 0. The molecule has 0 aliphatic heterocycles. The molecule has 1 heteroatoms. The minimum Gasteiger partial charge on any atom is -0.396 e. The first-order chi connectivity index (χ1) is 3.68. The van der Waals surface area contributed by atoms with E-state index in [-0.39, 0.29) is 0 Å². The molecule has 0 saturated carbocycles. The lowest BCUT2D eigenvalue weighted by Crippen LogP contribution is -1.84. The molecule has 0 aromatic heterocycles. The van der Waals surface area contributed by atoms with E-state index in [9.17, 15) is 0 Å². The maximum atomic E-state index is 5.03. The minimum atomic E-state index is 0.644. The van der Waals surface area contributed by atoms with E-state index in [4.69, 9.17) is 5.73 Å². The Bertz CT molecular complexity index is 74.4. The van der Waals surface area contributed by atoms with Crippen molar-refractivity contribution in [3.8, 4) is 0 Å². The Labute approximate surface area is 51.9 Å². The summed E-state index contributed by atoms with van der Waals surface area (Å²) in [6, 6.07) is 0. The molecule has 0 heterocycles. The van der Waals surface area contributed by atoms with Gasteiger partial charge < -0.3 is 5.73 Å². The molecule has 0 spiro atoms. The lowest BCUT2D eigenvalue weighted by atomic mass is 10.6. The Morgan fingerprint density at radius 2 is 1.75 bits per heavy atom. The highest BCUT2D eigenvalue weighted by Gasteiger charge is 1.56. The van der Waals surface area contributed by atoms with Gasteiger partial charge in [0.1, 0.15) is 0 Å². The lowest BCUT2D eigenvalue weighted by Gasteiger charge is -1.70. The average Bonchev–Trinajstić information content (AvgIpc) is 1.69. The number of hydrogen-bond acceptors (Lipinski definition) is 1. The number of rotatable bonds is 0. The number of allylic oxidation sites excluding steroid dienone is 1. The number of hydrogen-bond donors (Lipinski definition) is 1. The third-order valence-corrected chi connectivity index (χ3v) is 0.279. The van der Waals surface area contributed by atoms with Crippen molar-refractivity contribution in [2.24, 2.45) is 5.73 Å². The van der Waals surface area contributed by atoms with Crippen LogP contribution in [0, 0.1) is 0 Å². The Morgan fingerprint density at radius 1 is 1.62 bits per heavy atom. The highest BCUT2D eigenvalue weighted by Crippen LogP contribution is 1.64. The predicted molar refractivity (Wildman–Crippen MR) is 38.5 cm³/mol. The highest BCUT2D eigenvalue weighted by atomic mass is 14.5. The van der Waals surface area contributed by atoms with Gasteiger partial charge in [0.25, 0.3) is 0 Å². The smallest absolute Gasteiger partial charge is 0.0474 e. The van der Waals surface area contributed by atoms with Gasteiger partial charge in [-0.3, -0.25) is 0 Å². The summed E-state index contributed by atoms with van der Waals surface area (Å²) in [7, 11) is 0. The van der Waals surface area contributed by atoms with Crippen LogP contribution in [0.3, 0.4) is 0 Å². The molecular formula is C7H15N. The molecule has 0 fully saturated rings. The van der Waals surface area contributed by atoms with E-state index >= 15 is 0 Å². The maximum absolute atomic E-state index is 5.03. The lowest BCUT2D eigenvalue weighted by molar-refractivity contribution is 1.09. The van der Waals surface area contributed by atoms with Gasteiger partial charge in [-0.1, -0.05) is 26.8 Å². The van der Waals surface area contributed by atoms with Crippen LogP contribution in [0.4, 0.5) is 0 Å². The zero-order valence-corrected chi connectivity index (χ0v) is 5.99. The van der Waals surface area contributed by atoms with E-state index in [1.165, 1.54) is 6.42 Å². The van der Waals surface area contributed by atoms with Gasteiger partial charge in [-0.25, -0.2) is 0 Å². The van der Waals surface area contributed by atoms with Gasteiger partial charge in [-0.15, -0.1) is 5.73 Å². The summed E-state index contributed by atoms with van der Waals surface area (Å²) in [6.07, 6.45) is 1.25. The topological polar surface area (TPSA) is 26.0 Å². The molecule has 0 amide bonds. The second kappa shape index (κ2) is 9.58. The van der Waals surface area contributed by atoms with Gasteiger partial charge in [0.2, 0.25) is 0 Å². The second-order valence-corrected chi connectivity index (χ2v) is 1.57. The first-order valence-electron chi connectivity index (χ1n) is 2.81. The van der Waals surface area contributed by atoms with Gasteiger partial charge in [0.15, 0.2) is 0 Å². The van der Waals surface area contributed by atoms with E-state index in [0.29, 0.717) is 5.70 Å². The van der Waals surface area contributed by atoms with E-state index in [2.05, 4.69) is 26.2 Å². The van der Waals surface area contributed by atoms with Gasteiger partial charge in [-0.2, -0.15) is 0 Å². The summed E-state index contributed by atoms with van der Waals surface area (Å²) in [6.45, 7) is 9.27. The Hall–Kier alpha value is -0.680. The molecule has 0 atom stereocenters. The van der Waals surface area contributed by atoms with Crippen molar-refractivity contribution in [2.75, 3.05) is 0 Å². The molecule has 0 radical (unpaired) electrons. The molecular weight excluding hydrogens is 98.1 g/mol. The number of nitrogens with two attached hydrogens (primary N) is 1. The Morgan fingerprint density at radius 3 is 1.75 bits per heavy atom. The van der Waals surface area contributed by atoms with E-state index in [1.807, 2.05) is 0 Å². The first-order valence-corrected chi connectivity index (χ1v) is 2.81. The fourth-order valence-electron chi connectivity index (χ4n) is 0. The Kier molecular flexibility index (Phi) is 12.4. The molecule has 0 aliphatic rings. The van der Waals surface area contributed by atoms with Crippen LogP contribution in [-0.4, -0.2) is 0 Å². The summed E-state index contributed by atoms with van der Waals surface area (Å²) < 4.78 is 0. The zero-order chi connectivity index (χ0) is 6.99. The van der Waals surface area contributed by atoms with E-state index in [0.717, 1.165) is 0 Å². The van der Waals surface area contributed by atoms with Crippen LogP contribution in [0.1, 0.15) is 27.2 Å². The molecule has 0 aromatic rings. The summed E-state index contributed by atoms with van der Waals surface area (Å²) in [4.78, 5) is 0. The highest BCUT2D eigenvalue weighted by molar-refractivity contribution is 4.85. The summed E-state index contributed by atoms with van der Waals surface area (Å²) in [5, 5.41) is 0. The van der Waals surface area contributed by atoms with Crippen molar-refractivity contribution in [3.05, 3.63) is 18.0 Å². The second-order valence-electron chi connectivity index (χ2n) is 1.57. The van der Waals surface area contributed by atoms with Gasteiger partial charge in [-0.05, 0) is 6.92 Å². The van der Waals surface area contributed by atoms with Crippen molar-refractivity contribution in [2.45, 2.75) is 27.2 Å². The molecule has 0 saturated heterocycles. The third-order valence-electron chi connectivity index (χ3n) is 0.279. The maximum Gasteiger partial charge on any atom is 0.0474 e. The minimum absolute atomic E-state index is 0.644. The van der Waals surface area contributed by atoms with Crippen LogP contribution < -0.4 is 5.73 Å². The zero-order valence-electron chi connectivity index (χ0n) is 5.99. The molecule has 2 N–H and O–H groups in total. The van der Waals surface area contributed by atoms with Crippen molar-refractivity contribution < 1.29 is 0 Å². The Balaban J connectivity index is 0. The standard InChI is InChI=1S/C4H7N.C3H8/c1-3-4(2)5;1-3-2/h1,5H2,2H3;3H2,1-2H3. The summed E-state index contributed by atoms with van der Waals surface area (Å²) in [5.74, 6) is 0. The molecule has 8 heavy (non-hydrogen) atoms. The predicted octanol–water partition coefficient (Wildman–Crippen LogP) is 2.05.